The maximum Gasteiger partial charge on any atom is 0.239 e. The maximum absolute atomic E-state index is 13.9. The standard InChI is InChI=1S/C27H30FN7O2/c1-27(23(28)9-12-31-27)10-13-30-26-32-21-16-19(6-7-22(21)34(26)2)37-20-8-11-29-24(17-20)33-25(36)18-35-14-4-3-5-15-35/h6-13,16-17H,3-5,14-15,18H2,1-2H3,(H,30,32)(H,29,33,36)/b13-10+/t27-/m1/s1. The number of hydrogen-bond donors (Lipinski definition) is 2. The number of amides is 1. The van der Waals surface area contributed by atoms with Crippen molar-refractivity contribution in [3.05, 3.63) is 60.7 Å². The van der Waals surface area contributed by atoms with Gasteiger partial charge in [0.05, 0.1) is 17.6 Å². The van der Waals surface area contributed by atoms with Gasteiger partial charge in [0.1, 0.15) is 28.7 Å². The summed E-state index contributed by atoms with van der Waals surface area (Å²) in [6.45, 7) is 3.98. The van der Waals surface area contributed by atoms with Crippen LogP contribution >= 0.6 is 0 Å². The molecule has 2 N–H and O–H groups in total. The summed E-state index contributed by atoms with van der Waals surface area (Å²) in [7, 11) is 1.89. The van der Waals surface area contributed by atoms with Crippen LogP contribution in [0.3, 0.4) is 0 Å². The fraction of sp³-hybridized carbons (Fsp3) is 0.333. The number of carbonyl (C=O) groups excluding carboxylic acids is 1. The predicted molar refractivity (Wildman–Crippen MR) is 143 cm³/mol. The molecule has 0 radical (unpaired) electrons. The second-order valence-corrected chi connectivity index (χ2v) is 9.43. The minimum absolute atomic E-state index is 0.0805. The van der Waals surface area contributed by atoms with E-state index in [2.05, 4.69) is 30.5 Å². The number of hydrogen-bond acceptors (Lipinski definition) is 7. The van der Waals surface area contributed by atoms with Crippen molar-refractivity contribution in [3.8, 4) is 11.5 Å². The number of piperidine rings is 1. The number of nitrogens with zero attached hydrogens (tertiary/aromatic N) is 5. The van der Waals surface area contributed by atoms with Crippen LogP contribution in [0.5, 0.6) is 11.5 Å². The molecule has 0 bridgehead atoms. The Kier molecular flexibility index (Phi) is 7.00. The topological polar surface area (TPSA) is 96.7 Å². The largest absolute Gasteiger partial charge is 0.457 e. The lowest BCUT2D eigenvalue weighted by Gasteiger charge is -2.25. The quantitative estimate of drug-likeness (QED) is 0.458. The van der Waals surface area contributed by atoms with Crippen molar-refractivity contribution in [1.29, 1.82) is 0 Å². The van der Waals surface area contributed by atoms with Crippen molar-refractivity contribution in [1.82, 2.24) is 19.4 Å². The number of likely N-dealkylation sites (tertiary alicyclic amines) is 1. The lowest BCUT2D eigenvalue weighted by molar-refractivity contribution is -0.117. The number of carbonyl (C=O) groups is 1. The highest BCUT2D eigenvalue weighted by Gasteiger charge is 2.28. The molecule has 10 heteroatoms. The van der Waals surface area contributed by atoms with E-state index in [4.69, 9.17) is 4.74 Å². The second kappa shape index (κ2) is 10.5. The molecular formula is C27H30FN7O2. The Labute approximate surface area is 214 Å². The molecule has 0 unspecified atom stereocenters. The summed E-state index contributed by atoms with van der Waals surface area (Å²) in [5, 5.41) is 5.97. The van der Waals surface area contributed by atoms with E-state index in [0.29, 0.717) is 29.8 Å². The third-order valence-corrected chi connectivity index (χ3v) is 6.57. The highest BCUT2D eigenvalue weighted by Crippen LogP contribution is 2.29. The number of aromatic nitrogens is 3. The van der Waals surface area contributed by atoms with Gasteiger partial charge < -0.3 is 19.9 Å². The summed E-state index contributed by atoms with van der Waals surface area (Å²) in [4.78, 5) is 27.6. The van der Waals surface area contributed by atoms with Gasteiger partial charge in [-0.2, -0.15) is 0 Å². The lowest BCUT2D eigenvalue weighted by atomic mass is 10.0. The van der Waals surface area contributed by atoms with E-state index in [0.717, 1.165) is 37.0 Å². The van der Waals surface area contributed by atoms with Gasteiger partial charge in [-0.1, -0.05) is 6.42 Å². The molecule has 0 saturated carbocycles. The molecule has 9 nitrogen and oxygen atoms in total. The Bertz CT molecular complexity index is 1390. The zero-order valence-corrected chi connectivity index (χ0v) is 20.9. The lowest BCUT2D eigenvalue weighted by Crippen LogP contribution is -2.36. The first-order chi connectivity index (χ1) is 17.9. The number of anilines is 2. The number of pyridine rings is 1. The Morgan fingerprint density at radius 1 is 1.19 bits per heavy atom. The molecule has 1 fully saturated rings. The smallest absolute Gasteiger partial charge is 0.239 e. The maximum atomic E-state index is 13.9. The number of ether oxygens (including phenoxy) is 1. The van der Waals surface area contributed by atoms with Gasteiger partial charge in [-0.25, -0.2) is 14.4 Å². The number of halogens is 1. The van der Waals surface area contributed by atoms with E-state index < -0.39 is 5.54 Å². The molecule has 37 heavy (non-hydrogen) atoms. The average molecular weight is 504 g/mol. The van der Waals surface area contributed by atoms with E-state index >= 15 is 0 Å². The van der Waals surface area contributed by atoms with Crippen molar-refractivity contribution in [2.24, 2.45) is 12.0 Å². The van der Waals surface area contributed by atoms with Crippen LogP contribution in [-0.2, 0) is 11.8 Å². The first kappa shape index (κ1) is 24.6. The van der Waals surface area contributed by atoms with Crippen LogP contribution in [0.2, 0.25) is 0 Å². The number of imidazole rings is 1. The van der Waals surface area contributed by atoms with Crippen LogP contribution in [0.25, 0.3) is 11.0 Å². The first-order valence-corrected chi connectivity index (χ1v) is 12.4. The molecule has 192 valence electrons. The summed E-state index contributed by atoms with van der Waals surface area (Å²) in [6.07, 6.45) is 11.2. The number of allylic oxidation sites excluding steroid dienone is 1. The summed E-state index contributed by atoms with van der Waals surface area (Å²) in [5.41, 5.74) is 0.644. The Hall–Kier alpha value is -4.05. The van der Waals surface area contributed by atoms with Crippen LogP contribution in [-0.4, -0.2) is 56.7 Å². The van der Waals surface area contributed by atoms with E-state index in [1.807, 2.05) is 29.8 Å². The Morgan fingerprint density at radius 2 is 2.00 bits per heavy atom. The van der Waals surface area contributed by atoms with Gasteiger partial charge in [-0.3, -0.25) is 14.7 Å². The monoisotopic (exact) mass is 503 g/mol. The van der Waals surface area contributed by atoms with E-state index in [-0.39, 0.29) is 11.7 Å². The highest BCUT2D eigenvalue weighted by atomic mass is 19.1. The van der Waals surface area contributed by atoms with Crippen molar-refractivity contribution >= 4 is 34.9 Å². The normalized spacial score (nSPS) is 19.9. The van der Waals surface area contributed by atoms with Crippen LogP contribution in [0.15, 0.2) is 65.7 Å². The molecule has 2 aliphatic rings. The van der Waals surface area contributed by atoms with Gasteiger partial charge in [0.25, 0.3) is 0 Å². The summed E-state index contributed by atoms with van der Waals surface area (Å²) >= 11 is 0. The zero-order valence-electron chi connectivity index (χ0n) is 20.9. The molecule has 0 aliphatic carbocycles. The first-order valence-electron chi connectivity index (χ1n) is 12.4. The van der Waals surface area contributed by atoms with Gasteiger partial charge in [0.2, 0.25) is 11.9 Å². The summed E-state index contributed by atoms with van der Waals surface area (Å²) in [6, 6.07) is 9.05. The van der Waals surface area contributed by atoms with Gasteiger partial charge in [-0.15, -0.1) is 0 Å². The van der Waals surface area contributed by atoms with Crippen LogP contribution in [0.4, 0.5) is 16.2 Å². The fourth-order valence-corrected chi connectivity index (χ4v) is 4.44. The summed E-state index contributed by atoms with van der Waals surface area (Å²) in [5.74, 6) is 1.82. The van der Waals surface area contributed by atoms with Crippen molar-refractivity contribution in [2.75, 3.05) is 30.3 Å². The van der Waals surface area contributed by atoms with Gasteiger partial charge in [0, 0.05) is 37.8 Å². The molecule has 4 heterocycles. The number of aliphatic imine (C=N–C) groups is 1. The number of benzene rings is 1. The highest BCUT2D eigenvalue weighted by molar-refractivity contribution is 5.91. The van der Waals surface area contributed by atoms with Crippen LogP contribution in [0.1, 0.15) is 26.2 Å². The number of aryl methyl sites for hydroxylation is 1. The molecule has 2 aliphatic heterocycles. The number of fused-ring (bicyclic) bond motifs is 1. The number of rotatable bonds is 8. The molecule has 1 aromatic carbocycles. The van der Waals surface area contributed by atoms with E-state index in [1.165, 1.54) is 18.7 Å². The second-order valence-electron chi connectivity index (χ2n) is 9.43. The van der Waals surface area contributed by atoms with Crippen LogP contribution in [0, 0.1) is 0 Å². The zero-order chi connectivity index (χ0) is 25.8. The van der Waals surface area contributed by atoms with E-state index in [9.17, 15) is 9.18 Å². The van der Waals surface area contributed by atoms with Gasteiger partial charge in [-0.05, 0) is 63.2 Å². The molecule has 1 amide bonds. The Balaban J connectivity index is 1.24. The minimum atomic E-state index is -0.991. The third-order valence-electron chi connectivity index (χ3n) is 6.57. The molecule has 2 aromatic heterocycles. The fourth-order valence-electron chi connectivity index (χ4n) is 4.44. The van der Waals surface area contributed by atoms with Crippen molar-refractivity contribution in [2.45, 2.75) is 31.7 Å². The molecule has 0 spiro atoms. The average Bonchev–Trinajstić information content (AvgIpc) is 3.37. The number of nitrogens with one attached hydrogen (secondary N) is 2. The van der Waals surface area contributed by atoms with Crippen molar-refractivity contribution in [3.63, 3.8) is 0 Å². The molecule has 3 aromatic rings. The molecule has 1 saturated heterocycles. The van der Waals surface area contributed by atoms with Crippen LogP contribution < -0.4 is 15.4 Å². The minimum Gasteiger partial charge on any atom is -0.457 e. The molecular weight excluding hydrogens is 473 g/mol. The SMILES string of the molecule is Cn1c(N/C=C/[C@@]2(C)N=CC=C2F)nc2cc(Oc3ccnc(NC(=O)CN4CCCCC4)c3)ccc21. The van der Waals surface area contributed by atoms with Gasteiger partial charge in [0.15, 0.2) is 0 Å². The van der Waals surface area contributed by atoms with E-state index in [1.54, 1.807) is 37.5 Å². The van der Waals surface area contributed by atoms with Gasteiger partial charge >= 0.3 is 0 Å². The predicted octanol–water partition coefficient (Wildman–Crippen LogP) is 4.81. The third kappa shape index (κ3) is 5.69. The van der Waals surface area contributed by atoms with Crippen molar-refractivity contribution < 1.29 is 13.9 Å². The Morgan fingerprint density at radius 3 is 2.78 bits per heavy atom. The molecule has 5 rings (SSSR count). The summed E-state index contributed by atoms with van der Waals surface area (Å²) < 4.78 is 21.9. The molecule has 1 atom stereocenters.